The third kappa shape index (κ3) is 4.09. The number of nitrogens with zero attached hydrogens (tertiary/aromatic N) is 3. The van der Waals surface area contributed by atoms with Gasteiger partial charge in [0.05, 0.1) is 30.9 Å². The van der Waals surface area contributed by atoms with Gasteiger partial charge in [-0.05, 0) is 51.8 Å². The number of carbonyl (C=O) groups excluding carboxylic acids is 1. The first-order valence-electron chi connectivity index (χ1n) is 9.54. The highest BCUT2D eigenvalue weighted by molar-refractivity contribution is 9.10. The van der Waals surface area contributed by atoms with E-state index in [1.54, 1.807) is 50.6 Å². The Morgan fingerprint density at radius 3 is 2.66 bits per heavy atom. The maximum atomic E-state index is 13.2. The smallest absolute Gasteiger partial charge is 0.310 e. The lowest BCUT2D eigenvalue weighted by Crippen LogP contribution is -2.26. The molecule has 164 valence electrons. The van der Waals surface area contributed by atoms with E-state index in [4.69, 9.17) is 13.9 Å². The zero-order valence-electron chi connectivity index (χ0n) is 17.1. The largest absolute Gasteiger partial charge is 0.497 e. The lowest BCUT2D eigenvalue weighted by Gasteiger charge is -2.21. The van der Waals surface area contributed by atoms with Gasteiger partial charge in [-0.2, -0.15) is 5.10 Å². The van der Waals surface area contributed by atoms with Gasteiger partial charge in [0.15, 0.2) is 10.4 Å². The highest BCUT2D eigenvalue weighted by atomic mass is 79.9. The van der Waals surface area contributed by atoms with Crippen molar-refractivity contribution in [2.45, 2.75) is 12.5 Å². The Hall–Kier alpha value is -3.66. The number of methoxy groups -OCH3 is 2. The molecule has 1 aromatic heterocycles. The van der Waals surface area contributed by atoms with Crippen LogP contribution < -0.4 is 9.47 Å². The summed E-state index contributed by atoms with van der Waals surface area (Å²) in [6.45, 7) is 0. The fourth-order valence-corrected chi connectivity index (χ4v) is 3.85. The van der Waals surface area contributed by atoms with Crippen molar-refractivity contribution in [1.82, 2.24) is 5.01 Å². The maximum Gasteiger partial charge on any atom is 0.310 e. The number of amides is 1. The van der Waals surface area contributed by atoms with Gasteiger partial charge in [0.1, 0.15) is 11.5 Å². The molecule has 0 aliphatic carbocycles. The van der Waals surface area contributed by atoms with Crippen LogP contribution in [-0.4, -0.2) is 35.8 Å². The maximum absolute atomic E-state index is 13.2. The normalized spacial score (nSPS) is 15.4. The number of rotatable bonds is 6. The van der Waals surface area contributed by atoms with E-state index in [1.807, 2.05) is 0 Å². The molecule has 1 aliphatic heterocycles. The topological polar surface area (TPSA) is 107 Å². The highest BCUT2D eigenvalue weighted by Gasteiger charge is 2.36. The summed E-state index contributed by atoms with van der Waals surface area (Å²) in [4.78, 5) is 24.1. The summed E-state index contributed by atoms with van der Waals surface area (Å²) in [5, 5.41) is 17.2. The van der Waals surface area contributed by atoms with Crippen molar-refractivity contribution in [1.29, 1.82) is 0 Å². The number of ether oxygens (including phenoxy) is 2. The number of hydrogen-bond acceptors (Lipinski definition) is 7. The molecule has 1 amide bonds. The summed E-state index contributed by atoms with van der Waals surface area (Å²) in [6, 6.07) is 14.0. The van der Waals surface area contributed by atoms with Crippen LogP contribution >= 0.6 is 15.9 Å². The predicted octanol–water partition coefficient (Wildman–Crippen LogP) is 4.96. The number of carbonyl (C=O) groups is 1. The van der Waals surface area contributed by atoms with Crippen LogP contribution in [0.4, 0.5) is 5.69 Å². The molecule has 3 aromatic rings. The highest BCUT2D eigenvalue weighted by Crippen LogP contribution is 2.38. The third-order valence-corrected chi connectivity index (χ3v) is 5.51. The number of hydrogen-bond donors (Lipinski definition) is 0. The van der Waals surface area contributed by atoms with E-state index < -0.39 is 16.9 Å². The first-order valence-corrected chi connectivity index (χ1v) is 10.3. The molecule has 9 nitrogen and oxygen atoms in total. The monoisotopic (exact) mass is 499 g/mol. The van der Waals surface area contributed by atoms with Gasteiger partial charge in [-0.3, -0.25) is 14.9 Å². The Morgan fingerprint density at radius 2 is 2.00 bits per heavy atom. The molecule has 10 heteroatoms. The van der Waals surface area contributed by atoms with Crippen LogP contribution in [0.3, 0.4) is 0 Å². The van der Waals surface area contributed by atoms with E-state index >= 15 is 0 Å². The van der Waals surface area contributed by atoms with E-state index in [2.05, 4.69) is 21.0 Å². The fraction of sp³-hybridized carbons (Fsp3) is 0.182. The lowest BCUT2D eigenvalue weighted by molar-refractivity contribution is -0.384. The molecular formula is C22H18BrN3O6. The number of nitro benzene ring substituents is 1. The van der Waals surface area contributed by atoms with Crippen LogP contribution in [0.25, 0.3) is 0 Å². The first kappa shape index (κ1) is 21.6. The molecule has 2 aromatic carbocycles. The van der Waals surface area contributed by atoms with Crippen molar-refractivity contribution in [2.75, 3.05) is 14.2 Å². The van der Waals surface area contributed by atoms with Crippen LogP contribution in [0.1, 0.15) is 34.1 Å². The van der Waals surface area contributed by atoms with Gasteiger partial charge in [0, 0.05) is 24.1 Å². The van der Waals surface area contributed by atoms with Crippen LogP contribution in [0.2, 0.25) is 0 Å². The van der Waals surface area contributed by atoms with E-state index in [9.17, 15) is 14.9 Å². The number of non-ortho nitro benzene ring substituents is 1. The Labute approximate surface area is 191 Å². The summed E-state index contributed by atoms with van der Waals surface area (Å²) in [6.07, 6.45) is 0.318. The summed E-state index contributed by atoms with van der Waals surface area (Å²) in [5.74, 6) is 0.798. The summed E-state index contributed by atoms with van der Waals surface area (Å²) in [5.41, 5.74) is 1.76. The standard InChI is InChI=1S/C22H18BrN3O6/c1-30-15-6-7-19(31-2)16(11-15)17-12-18(13-4-3-5-14(10-13)26(28)29)25(24-17)22(27)20-8-9-21(23)32-20/h3-11,18H,12H2,1-2H3/t18-/m1/s1. The van der Waals surface area contributed by atoms with Crippen molar-refractivity contribution in [3.8, 4) is 11.5 Å². The number of benzene rings is 2. The van der Waals surface area contributed by atoms with E-state index in [0.717, 1.165) is 0 Å². The van der Waals surface area contributed by atoms with Gasteiger partial charge in [0.25, 0.3) is 5.69 Å². The fourth-order valence-electron chi connectivity index (χ4n) is 3.55. The van der Waals surface area contributed by atoms with Crippen LogP contribution in [-0.2, 0) is 0 Å². The van der Waals surface area contributed by atoms with E-state index in [0.29, 0.717) is 39.4 Å². The van der Waals surface area contributed by atoms with Gasteiger partial charge in [-0.1, -0.05) is 12.1 Å². The Balaban J connectivity index is 1.80. The van der Waals surface area contributed by atoms with Gasteiger partial charge < -0.3 is 13.9 Å². The predicted molar refractivity (Wildman–Crippen MR) is 119 cm³/mol. The molecule has 0 unspecified atom stereocenters. The molecule has 0 saturated heterocycles. The summed E-state index contributed by atoms with van der Waals surface area (Å²) < 4.78 is 16.6. The molecule has 2 heterocycles. The molecule has 0 N–H and O–H groups in total. The first-order chi connectivity index (χ1) is 15.4. The number of hydrazone groups is 1. The van der Waals surface area contributed by atoms with Crippen LogP contribution in [0, 0.1) is 10.1 Å². The van der Waals surface area contributed by atoms with E-state index in [-0.39, 0.29) is 11.4 Å². The van der Waals surface area contributed by atoms with Gasteiger partial charge in [-0.15, -0.1) is 0 Å². The second-order valence-electron chi connectivity index (χ2n) is 6.94. The molecule has 1 aliphatic rings. The molecule has 0 radical (unpaired) electrons. The number of furan rings is 1. The SMILES string of the molecule is COc1ccc(OC)c(C2=NN(C(=O)c3ccc(Br)o3)[C@@H](c3cccc([N+](=O)[O-])c3)C2)c1. The molecule has 0 fully saturated rings. The molecule has 0 spiro atoms. The molecule has 4 rings (SSSR count). The molecule has 0 bridgehead atoms. The molecule has 0 saturated carbocycles. The second-order valence-corrected chi connectivity index (χ2v) is 7.72. The van der Waals surface area contributed by atoms with Gasteiger partial charge >= 0.3 is 5.91 Å². The van der Waals surface area contributed by atoms with Crippen LogP contribution in [0.5, 0.6) is 11.5 Å². The minimum atomic E-state index is -0.572. The quantitative estimate of drug-likeness (QED) is 0.350. The molecule has 1 atom stereocenters. The average Bonchev–Trinajstić information content (AvgIpc) is 3.45. The Kier molecular flexibility index (Phi) is 5.95. The van der Waals surface area contributed by atoms with E-state index in [1.165, 1.54) is 23.2 Å². The van der Waals surface area contributed by atoms with Crippen molar-refractivity contribution in [3.63, 3.8) is 0 Å². The Bertz CT molecular complexity index is 1220. The minimum Gasteiger partial charge on any atom is -0.497 e. The van der Waals surface area contributed by atoms with Gasteiger partial charge in [0.2, 0.25) is 0 Å². The van der Waals surface area contributed by atoms with Crippen molar-refractivity contribution >= 4 is 33.2 Å². The van der Waals surface area contributed by atoms with Crippen molar-refractivity contribution in [2.24, 2.45) is 5.10 Å². The van der Waals surface area contributed by atoms with Crippen LogP contribution in [0.15, 0.2) is 68.8 Å². The van der Waals surface area contributed by atoms with Crippen molar-refractivity contribution < 1.29 is 23.6 Å². The Morgan fingerprint density at radius 1 is 1.19 bits per heavy atom. The minimum absolute atomic E-state index is 0.0666. The van der Waals surface area contributed by atoms with Gasteiger partial charge in [-0.25, -0.2) is 5.01 Å². The zero-order chi connectivity index (χ0) is 22.8. The summed E-state index contributed by atoms with van der Waals surface area (Å²) in [7, 11) is 3.10. The average molecular weight is 500 g/mol. The summed E-state index contributed by atoms with van der Waals surface area (Å²) >= 11 is 3.20. The zero-order valence-corrected chi connectivity index (χ0v) is 18.7. The molecular weight excluding hydrogens is 482 g/mol. The second kappa shape index (κ2) is 8.83. The number of nitro groups is 1. The number of halogens is 1. The third-order valence-electron chi connectivity index (χ3n) is 5.09. The van der Waals surface area contributed by atoms with Crippen molar-refractivity contribution in [3.05, 3.63) is 86.3 Å². The lowest BCUT2D eigenvalue weighted by atomic mass is 9.97. The molecule has 32 heavy (non-hydrogen) atoms.